The van der Waals surface area contributed by atoms with E-state index >= 15 is 0 Å². The van der Waals surface area contributed by atoms with Gasteiger partial charge in [0.05, 0.1) is 12.0 Å². The normalized spacial score (nSPS) is 25.6. The van der Waals surface area contributed by atoms with Crippen LogP contribution in [0.2, 0.25) is 0 Å². The van der Waals surface area contributed by atoms with Gasteiger partial charge in [-0.05, 0) is 37.5 Å². The van der Waals surface area contributed by atoms with Gasteiger partial charge in [0, 0.05) is 22.6 Å². The van der Waals surface area contributed by atoms with E-state index in [2.05, 4.69) is 0 Å². The number of nitrogens with zero attached hydrogens (tertiary/aromatic N) is 2. The fourth-order valence-electron chi connectivity index (χ4n) is 6.55. The van der Waals surface area contributed by atoms with E-state index in [-0.39, 0.29) is 24.1 Å². The van der Waals surface area contributed by atoms with Gasteiger partial charge in [0.15, 0.2) is 22.4 Å². The first-order valence-corrected chi connectivity index (χ1v) is 18.4. The predicted octanol–water partition coefficient (Wildman–Crippen LogP) is 3.96. The Kier molecular flexibility index (Phi) is 10.3. The number of hydrogen-bond acceptors (Lipinski definition) is 12. The van der Waals surface area contributed by atoms with Crippen LogP contribution in [0.1, 0.15) is 37.5 Å². The zero-order chi connectivity index (χ0) is 37.4. The van der Waals surface area contributed by atoms with Crippen molar-refractivity contribution in [2.24, 2.45) is 5.41 Å². The highest BCUT2D eigenvalue weighted by atomic mass is 32.2. The van der Waals surface area contributed by atoms with Gasteiger partial charge in [-0.3, -0.25) is 19.1 Å². The minimum absolute atomic E-state index is 0.0622. The van der Waals surface area contributed by atoms with Gasteiger partial charge in [0.1, 0.15) is 24.4 Å². The zero-order valence-corrected chi connectivity index (χ0v) is 30.2. The quantitative estimate of drug-likeness (QED) is 0.0959. The summed E-state index contributed by atoms with van der Waals surface area (Å²) in [5.74, 6) is 0.118. The van der Waals surface area contributed by atoms with Gasteiger partial charge in [0.2, 0.25) is 0 Å². The van der Waals surface area contributed by atoms with E-state index in [1.54, 1.807) is 19.9 Å². The lowest BCUT2D eigenvalue weighted by atomic mass is 9.79. The van der Waals surface area contributed by atoms with Crippen molar-refractivity contribution in [1.82, 2.24) is 9.55 Å². The molecule has 0 spiro atoms. The number of benzene rings is 3. The van der Waals surface area contributed by atoms with E-state index in [0.29, 0.717) is 4.57 Å². The number of fused-ring (bicyclic) bond motifs is 1. The van der Waals surface area contributed by atoms with E-state index in [1.165, 1.54) is 0 Å². The van der Waals surface area contributed by atoms with Crippen LogP contribution in [0.5, 0.6) is 0 Å². The maximum atomic E-state index is 13.5. The third kappa shape index (κ3) is 6.27. The Morgan fingerprint density at radius 1 is 0.981 bits per heavy atom. The lowest BCUT2D eigenvalue weighted by Crippen LogP contribution is -2.62. The molecule has 1 saturated carbocycles. The summed E-state index contributed by atoms with van der Waals surface area (Å²) in [5.41, 5.74) is -8.14. The molecular formula is C37H37N3O10PS+. The van der Waals surface area contributed by atoms with Gasteiger partial charge in [-0.25, -0.2) is 4.79 Å². The number of aliphatic hydroxyl groups is 2. The van der Waals surface area contributed by atoms with Crippen LogP contribution >= 0.6 is 20.0 Å². The molecule has 1 aliphatic heterocycles. The Balaban J connectivity index is 1.06. The van der Waals surface area contributed by atoms with Crippen molar-refractivity contribution in [1.29, 1.82) is 5.26 Å². The monoisotopic (exact) mass is 746 g/mol. The number of rotatable bonds is 14. The fraction of sp³-hybridized carbons (Fsp3) is 0.351. The molecule has 4 aromatic rings. The molecule has 15 heteroatoms. The Morgan fingerprint density at radius 2 is 1.52 bits per heavy atom. The van der Waals surface area contributed by atoms with Crippen molar-refractivity contribution in [3.63, 3.8) is 0 Å². The summed E-state index contributed by atoms with van der Waals surface area (Å²) in [6, 6.07) is 32.1. The van der Waals surface area contributed by atoms with Gasteiger partial charge < -0.3 is 19.7 Å². The van der Waals surface area contributed by atoms with Gasteiger partial charge in [-0.15, -0.1) is 9.05 Å². The van der Waals surface area contributed by atoms with Crippen LogP contribution in [0.3, 0.4) is 0 Å². The first-order valence-electron chi connectivity index (χ1n) is 16.4. The predicted molar refractivity (Wildman–Crippen MR) is 190 cm³/mol. The fourth-order valence-corrected chi connectivity index (χ4v) is 8.23. The zero-order valence-electron chi connectivity index (χ0n) is 28.5. The van der Waals surface area contributed by atoms with E-state index in [1.807, 2.05) is 96.0 Å². The Labute approximate surface area is 304 Å². The molecule has 270 valence electrons. The standard InChI is InChI=1S/C37H36N3O10PS/c1-33(2,24-47-36(25-13-7-4-8-14-25,26-15-9-5-10-16-26)27-17-11-6-12-18-27)31(42)52-22-21-48-51(46)50-30-29-37(30,45)34(3,44)35(23-38,49-29)40-20-19-28(41)39-32(40)43/h4-20,29-30,44-45H,21-22,24H2,1-3H3/p+1. The number of carbonyl (C=O) groups excluding carboxylic acids is 1. The number of nitrogens with one attached hydrogen (secondary N) is 1. The summed E-state index contributed by atoms with van der Waals surface area (Å²) >= 11 is 0.981. The van der Waals surface area contributed by atoms with E-state index in [9.17, 15) is 34.4 Å². The van der Waals surface area contributed by atoms with Crippen LogP contribution < -0.4 is 11.2 Å². The summed E-state index contributed by atoms with van der Waals surface area (Å²) in [4.78, 5) is 39.4. The maximum Gasteiger partial charge on any atom is 0.697 e. The lowest BCUT2D eigenvalue weighted by molar-refractivity contribution is -0.197. The van der Waals surface area contributed by atoms with Gasteiger partial charge in [0.25, 0.3) is 11.3 Å². The number of carbonyl (C=O) groups is 1. The first-order chi connectivity index (χ1) is 24.7. The van der Waals surface area contributed by atoms with Crippen LogP contribution in [-0.2, 0) is 39.2 Å². The first kappa shape index (κ1) is 37.5. The van der Waals surface area contributed by atoms with Crippen LogP contribution in [0.4, 0.5) is 0 Å². The van der Waals surface area contributed by atoms with E-state index in [4.69, 9.17) is 18.5 Å². The topological polar surface area (TPSA) is 190 Å². The average molecular weight is 747 g/mol. The number of thioether (sulfide) groups is 1. The van der Waals surface area contributed by atoms with Crippen LogP contribution in [0.25, 0.3) is 0 Å². The number of aromatic amines is 1. The molecule has 3 aromatic carbocycles. The Bertz CT molecular complexity index is 2010. The van der Waals surface area contributed by atoms with Crippen LogP contribution in [0, 0.1) is 16.7 Å². The highest BCUT2D eigenvalue weighted by molar-refractivity contribution is 8.13. The molecule has 52 heavy (non-hydrogen) atoms. The summed E-state index contributed by atoms with van der Waals surface area (Å²) in [6.07, 6.45) is -1.75. The van der Waals surface area contributed by atoms with E-state index in [0.717, 1.165) is 47.6 Å². The summed E-state index contributed by atoms with van der Waals surface area (Å²) in [5, 5.41) is 32.3. The molecular weight excluding hydrogens is 709 g/mol. The molecule has 3 N–H and O–H groups in total. The van der Waals surface area contributed by atoms with Crippen molar-refractivity contribution in [2.45, 2.75) is 55.5 Å². The maximum absolute atomic E-state index is 13.5. The molecule has 2 aliphatic rings. The lowest BCUT2D eigenvalue weighted by Gasteiger charge is -2.38. The van der Waals surface area contributed by atoms with Crippen molar-refractivity contribution < 1.29 is 38.1 Å². The molecule has 6 unspecified atom stereocenters. The summed E-state index contributed by atoms with van der Waals surface area (Å²) in [6.45, 7) is 4.56. The Hall–Kier alpha value is -4.29. The number of nitriles is 1. The van der Waals surface area contributed by atoms with Crippen LogP contribution in [-0.4, -0.2) is 67.3 Å². The SMILES string of the molecule is CC(C)(COC(c1ccccc1)(c1ccccc1)c1ccccc1)C(=O)SCCO[P+](=O)OC1C2OC(C#N)(n3ccc(=O)[nH]c3=O)C(C)(O)C12O. The molecule has 2 fully saturated rings. The molecule has 6 rings (SSSR count). The highest BCUT2D eigenvalue weighted by Crippen LogP contribution is 2.64. The number of ether oxygens (including phenoxy) is 2. The molecule has 13 nitrogen and oxygen atoms in total. The second-order valence-corrected chi connectivity index (χ2v) is 15.3. The van der Waals surface area contributed by atoms with Crippen molar-refractivity contribution in [3.05, 3.63) is 141 Å². The summed E-state index contributed by atoms with van der Waals surface area (Å²) < 4.78 is 36.5. The number of aromatic nitrogens is 2. The van der Waals surface area contributed by atoms with Crippen LogP contribution in [0.15, 0.2) is 113 Å². The Morgan fingerprint density at radius 3 is 1.98 bits per heavy atom. The van der Waals surface area contributed by atoms with Gasteiger partial charge >= 0.3 is 13.9 Å². The molecule has 2 heterocycles. The highest BCUT2D eigenvalue weighted by Gasteiger charge is 2.90. The largest absolute Gasteiger partial charge is 0.697 e. The third-order valence-corrected chi connectivity index (χ3v) is 11.5. The minimum Gasteiger partial charge on any atom is -0.381 e. The molecule has 6 atom stereocenters. The molecule has 0 amide bonds. The average Bonchev–Trinajstić information content (AvgIpc) is 3.65. The number of H-pyrrole nitrogens is 1. The molecule has 0 radical (unpaired) electrons. The van der Waals surface area contributed by atoms with Crippen molar-refractivity contribution in [2.75, 3.05) is 19.0 Å². The second-order valence-electron chi connectivity index (χ2n) is 13.3. The summed E-state index contributed by atoms with van der Waals surface area (Å²) in [7, 11) is -2.86. The molecule has 1 aromatic heterocycles. The second kappa shape index (κ2) is 14.3. The molecule has 1 saturated heterocycles. The third-order valence-electron chi connectivity index (χ3n) is 9.54. The molecule has 1 aliphatic carbocycles. The van der Waals surface area contributed by atoms with Crippen molar-refractivity contribution >= 4 is 25.1 Å². The number of hydrogen-bond donors (Lipinski definition) is 3. The minimum atomic E-state index is -2.86. The van der Waals surface area contributed by atoms with Gasteiger partial charge in [-0.1, -0.05) is 103 Å². The smallest absolute Gasteiger partial charge is 0.381 e. The van der Waals surface area contributed by atoms with E-state index < -0.39 is 59.7 Å². The van der Waals surface area contributed by atoms with Crippen molar-refractivity contribution in [3.8, 4) is 6.07 Å². The van der Waals surface area contributed by atoms with Gasteiger partial charge in [-0.2, -0.15) is 5.26 Å². The molecule has 0 bridgehead atoms.